The summed E-state index contributed by atoms with van der Waals surface area (Å²) in [6.45, 7) is 10.5. The molecule has 2 aliphatic heterocycles. The quantitative estimate of drug-likeness (QED) is 0.472. The number of carbonyl (C=O) groups excluding carboxylic acids is 1. The second-order valence-corrected chi connectivity index (χ2v) is 9.36. The number of amides is 1. The molecular weight excluding hydrogens is 460 g/mol. The fourth-order valence-electron chi connectivity index (χ4n) is 4.94. The molecule has 0 saturated carbocycles. The van der Waals surface area contributed by atoms with E-state index in [1.165, 1.54) is 0 Å². The van der Waals surface area contributed by atoms with Crippen molar-refractivity contribution in [3.05, 3.63) is 69.6 Å². The van der Waals surface area contributed by atoms with Gasteiger partial charge in [-0.1, -0.05) is 12.1 Å². The molecule has 5 rings (SSSR count). The van der Waals surface area contributed by atoms with E-state index in [4.69, 9.17) is 18.6 Å². The van der Waals surface area contributed by atoms with Crippen LogP contribution in [0, 0.1) is 0 Å². The number of morpholine rings is 1. The van der Waals surface area contributed by atoms with Crippen molar-refractivity contribution >= 4 is 16.9 Å². The average molecular weight is 493 g/mol. The predicted molar refractivity (Wildman–Crippen MR) is 136 cm³/mol. The molecule has 1 amide bonds. The highest BCUT2D eigenvalue weighted by molar-refractivity contribution is 5.99. The molecule has 1 unspecified atom stereocenters. The summed E-state index contributed by atoms with van der Waals surface area (Å²) in [6.07, 6.45) is 0.00344. The smallest absolute Gasteiger partial charge is 0.290 e. The lowest BCUT2D eigenvalue weighted by atomic mass is 9.98. The molecule has 190 valence electrons. The Morgan fingerprint density at radius 2 is 1.83 bits per heavy atom. The van der Waals surface area contributed by atoms with Gasteiger partial charge in [0.15, 0.2) is 5.43 Å². The van der Waals surface area contributed by atoms with E-state index in [9.17, 15) is 9.59 Å². The molecule has 0 spiro atoms. The van der Waals surface area contributed by atoms with Gasteiger partial charge in [-0.05, 0) is 50.6 Å². The first-order valence-electron chi connectivity index (χ1n) is 12.6. The van der Waals surface area contributed by atoms with Gasteiger partial charge in [0.2, 0.25) is 5.76 Å². The molecule has 0 bridgehead atoms. The van der Waals surface area contributed by atoms with E-state index in [0.717, 1.165) is 18.7 Å². The van der Waals surface area contributed by atoms with Crippen LogP contribution in [0.3, 0.4) is 0 Å². The van der Waals surface area contributed by atoms with Gasteiger partial charge in [-0.2, -0.15) is 0 Å². The number of benzene rings is 2. The molecule has 2 aromatic carbocycles. The van der Waals surface area contributed by atoms with Crippen LogP contribution in [0.15, 0.2) is 51.7 Å². The summed E-state index contributed by atoms with van der Waals surface area (Å²) in [5.41, 5.74) is 1.35. The van der Waals surface area contributed by atoms with E-state index in [0.29, 0.717) is 60.9 Å². The number of nitrogens with zero attached hydrogens (tertiary/aromatic N) is 2. The molecule has 8 heteroatoms. The number of carbonyl (C=O) groups is 1. The Bertz CT molecular complexity index is 1310. The van der Waals surface area contributed by atoms with E-state index < -0.39 is 6.04 Å². The van der Waals surface area contributed by atoms with Gasteiger partial charge in [0.1, 0.15) is 17.1 Å². The van der Waals surface area contributed by atoms with Gasteiger partial charge in [-0.3, -0.25) is 14.5 Å². The lowest BCUT2D eigenvalue weighted by molar-refractivity contribution is 0.0314. The maximum absolute atomic E-state index is 13.8. The predicted octanol–water partition coefficient (Wildman–Crippen LogP) is 3.86. The minimum Gasteiger partial charge on any atom is -0.494 e. The molecule has 8 nitrogen and oxygen atoms in total. The molecule has 1 fully saturated rings. The standard InChI is InChI=1S/C28H32N2O6/c1-4-34-20-8-9-22-23(17-20)36-27-24(26(22)31)25(19-6-5-7-21(16-19)35-18(2)3)30(28(27)32)11-10-29-12-14-33-15-13-29/h5-9,16-18,25H,4,10-15H2,1-3H3. The third-order valence-electron chi connectivity index (χ3n) is 6.56. The lowest BCUT2D eigenvalue weighted by Gasteiger charge is -2.31. The highest BCUT2D eigenvalue weighted by atomic mass is 16.5. The van der Waals surface area contributed by atoms with Crippen molar-refractivity contribution in [3.63, 3.8) is 0 Å². The summed E-state index contributed by atoms with van der Waals surface area (Å²) in [7, 11) is 0. The summed E-state index contributed by atoms with van der Waals surface area (Å²) >= 11 is 0. The van der Waals surface area contributed by atoms with Gasteiger partial charge in [0.25, 0.3) is 5.91 Å². The second-order valence-electron chi connectivity index (χ2n) is 9.36. The number of hydrogen-bond donors (Lipinski definition) is 0. The zero-order valence-electron chi connectivity index (χ0n) is 21.0. The monoisotopic (exact) mass is 492 g/mol. The topological polar surface area (TPSA) is 81.5 Å². The van der Waals surface area contributed by atoms with Crippen LogP contribution in [-0.2, 0) is 4.74 Å². The first-order valence-corrected chi connectivity index (χ1v) is 12.6. The molecule has 0 N–H and O–H groups in total. The third-order valence-corrected chi connectivity index (χ3v) is 6.56. The Labute approximate surface area is 210 Å². The average Bonchev–Trinajstić information content (AvgIpc) is 3.15. The second kappa shape index (κ2) is 10.3. The van der Waals surface area contributed by atoms with E-state index in [1.807, 2.05) is 45.0 Å². The van der Waals surface area contributed by atoms with Crippen LogP contribution < -0.4 is 14.9 Å². The number of rotatable bonds is 8. The Balaban J connectivity index is 1.59. The molecule has 0 radical (unpaired) electrons. The van der Waals surface area contributed by atoms with Crippen molar-refractivity contribution in [3.8, 4) is 11.5 Å². The molecule has 36 heavy (non-hydrogen) atoms. The molecule has 3 heterocycles. The van der Waals surface area contributed by atoms with Gasteiger partial charge < -0.3 is 23.5 Å². The highest BCUT2D eigenvalue weighted by Gasteiger charge is 2.43. The number of ether oxygens (including phenoxy) is 3. The normalized spacial score (nSPS) is 18.2. The molecule has 1 saturated heterocycles. The first kappa shape index (κ1) is 24.3. The summed E-state index contributed by atoms with van der Waals surface area (Å²) in [5.74, 6) is 1.11. The minimum atomic E-state index is -0.559. The molecule has 0 aliphatic carbocycles. The van der Waals surface area contributed by atoms with Crippen molar-refractivity contribution in [2.24, 2.45) is 0 Å². The summed E-state index contributed by atoms with van der Waals surface area (Å²) in [6, 6.07) is 12.2. The van der Waals surface area contributed by atoms with Crippen LogP contribution >= 0.6 is 0 Å². The van der Waals surface area contributed by atoms with E-state index >= 15 is 0 Å². The van der Waals surface area contributed by atoms with Crippen LogP contribution in [0.1, 0.15) is 48.5 Å². The SMILES string of the molecule is CCOc1ccc2c(=O)c3c(oc2c1)C(=O)N(CCN1CCOCC1)C3c1cccc(OC(C)C)c1. The van der Waals surface area contributed by atoms with E-state index in [1.54, 1.807) is 23.1 Å². The van der Waals surface area contributed by atoms with Crippen molar-refractivity contribution in [2.75, 3.05) is 46.0 Å². The van der Waals surface area contributed by atoms with Crippen LogP contribution in [-0.4, -0.2) is 67.8 Å². The van der Waals surface area contributed by atoms with Gasteiger partial charge in [0.05, 0.1) is 42.9 Å². The molecule has 1 atom stereocenters. The van der Waals surface area contributed by atoms with E-state index in [2.05, 4.69) is 4.90 Å². The summed E-state index contributed by atoms with van der Waals surface area (Å²) < 4.78 is 23.1. The van der Waals surface area contributed by atoms with Crippen molar-refractivity contribution < 1.29 is 23.4 Å². The fraction of sp³-hybridized carbons (Fsp3) is 0.429. The Hall–Kier alpha value is -3.36. The number of fused-ring (bicyclic) bond motifs is 2. The Kier molecular flexibility index (Phi) is 6.98. The minimum absolute atomic E-state index is 0.00344. The third kappa shape index (κ3) is 4.70. The van der Waals surface area contributed by atoms with E-state index in [-0.39, 0.29) is 23.2 Å². The maximum Gasteiger partial charge on any atom is 0.290 e. The highest BCUT2D eigenvalue weighted by Crippen LogP contribution is 2.39. The van der Waals surface area contributed by atoms with Gasteiger partial charge >= 0.3 is 0 Å². The number of hydrogen-bond acceptors (Lipinski definition) is 7. The van der Waals surface area contributed by atoms with Crippen molar-refractivity contribution in [1.82, 2.24) is 9.80 Å². The van der Waals surface area contributed by atoms with Gasteiger partial charge in [-0.25, -0.2) is 0 Å². The van der Waals surface area contributed by atoms with Crippen molar-refractivity contribution in [1.29, 1.82) is 0 Å². The molecule has 3 aromatic rings. The van der Waals surface area contributed by atoms with Gasteiger partial charge in [-0.15, -0.1) is 0 Å². The maximum atomic E-state index is 13.8. The van der Waals surface area contributed by atoms with Crippen molar-refractivity contribution in [2.45, 2.75) is 32.9 Å². The molecule has 2 aliphatic rings. The molecule has 1 aromatic heterocycles. The van der Waals surface area contributed by atoms with Crippen LogP contribution in [0.4, 0.5) is 0 Å². The fourth-order valence-corrected chi connectivity index (χ4v) is 4.94. The lowest BCUT2D eigenvalue weighted by Crippen LogP contribution is -2.42. The zero-order valence-corrected chi connectivity index (χ0v) is 21.0. The van der Waals surface area contributed by atoms with Crippen LogP contribution in [0.2, 0.25) is 0 Å². The Morgan fingerprint density at radius 3 is 2.58 bits per heavy atom. The van der Waals surface area contributed by atoms with Crippen LogP contribution in [0.5, 0.6) is 11.5 Å². The summed E-state index contributed by atoms with van der Waals surface area (Å²) in [4.78, 5) is 31.5. The van der Waals surface area contributed by atoms with Gasteiger partial charge in [0, 0.05) is 32.2 Å². The van der Waals surface area contributed by atoms with Crippen LogP contribution in [0.25, 0.3) is 11.0 Å². The largest absolute Gasteiger partial charge is 0.494 e. The first-order chi connectivity index (χ1) is 17.5. The summed E-state index contributed by atoms with van der Waals surface area (Å²) in [5, 5.41) is 0.430. The Morgan fingerprint density at radius 1 is 1.03 bits per heavy atom. The molecular formula is C28H32N2O6. The zero-order chi connectivity index (χ0) is 25.2.